The minimum atomic E-state index is -0.417. The Bertz CT molecular complexity index is 1800. The van der Waals surface area contributed by atoms with Crippen molar-refractivity contribution in [3.05, 3.63) is 99.2 Å². The molecule has 12 heteroatoms. The van der Waals surface area contributed by atoms with E-state index in [2.05, 4.69) is 31.0 Å². The molecule has 2 amide bonds. The number of hydrogen-bond acceptors (Lipinski definition) is 8. The summed E-state index contributed by atoms with van der Waals surface area (Å²) >= 11 is 0. The maximum absolute atomic E-state index is 13.0. The lowest BCUT2D eigenvalue weighted by Gasteiger charge is -2.14. The Morgan fingerprint density at radius 3 is 2.64 bits per heavy atom. The van der Waals surface area contributed by atoms with E-state index in [0.29, 0.717) is 12.1 Å². The number of fused-ring (bicyclic) bond motifs is 2. The van der Waals surface area contributed by atoms with Gasteiger partial charge in [-0.05, 0) is 71.1 Å². The molecule has 6 rings (SSSR count). The van der Waals surface area contributed by atoms with Crippen LogP contribution in [-0.2, 0) is 20.0 Å². The topological polar surface area (TPSA) is 150 Å². The molecule has 3 aromatic heterocycles. The summed E-state index contributed by atoms with van der Waals surface area (Å²) in [6, 6.07) is 14.4. The molecule has 0 unspecified atom stereocenters. The maximum Gasteiger partial charge on any atom is 0.368 e. The Balaban J connectivity index is 1.12. The van der Waals surface area contributed by atoms with Crippen LogP contribution in [0.15, 0.2) is 64.1 Å². The van der Waals surface area contributed by atoms with Gasteiger partial charge in [0.15, 0.2) is 0 Å². The van der Waals surface area contributed by atoms with Crippen LogP contribution in [0.5, 0.6) is 0 Å². The van der Waals surface area contributed by atoms with E-state index >= 15 is 0 Å². The third-order valence-corrected chi connectivity index (χ3v) is 6.77. The standard InChI is InChI=1S/C27H24N8O4/c1-15-9-18-4-3-16(10-24(18)39-15)13-28-25(36)22-12-23(30-14-29-22)26(37)31-21-8-5-17-11-19(6-7-20(17)21)35-27(38)34(2)32-33-35/h3-4,6-7,9-12,14,21H,5,8,13H2,1-2H3,(H,28,36)(H,31,37)/t21-/m0/s1. The van der Waals surface area contributed by atoms with Crippen molar-refractivity contribution in [3.8, 4) is 5.69 Å². The van der Waals surface area contributed by atoms with Crippen molar-refractivity contribution < 1.29 is 14.0 Å². The highest BCUT2D eigenvalue weighted by Crippen LogP contribution is 2.32. The van der Waals surface area contributed by atoms with Crippen LogP contribution >= 0.6 is 0 Å². The van der Waals surface area contributed by atoms with Gasteiger partial charge in [0.1, 0.15) is 29.1 Å². The van der Waals surface area contributed by atoms with Gasteiger partial charge in [-0.15, -0.1) is 0 Å². The van der Waals surface area contributed by atoms with Crippen LogP contribution in [0.25, 0.3) is 16.7 Å². The molecule has 39 heavy (non-hydrogen) atoms. The Morgan fingerprint density at radius 2 is 1.85 bits per heavy atom. The summed E-state index contributed by atoms with van der Waals surface area (Å²) in [5.74, 6) is 0.0000247. The third-order valence-electron chi connectivity index (χ3n) is 6.77. The first-order valence-electron chi connectivity index (χ1n) is 12.4. The number of carbonyl (C=O) groups excluding carboxylic acids is 2. The summed E-state index contributed by atoms with van der Waals surface area (Å²) in [7, 11) is 1.54. The molecule has 0 fully saturated rings. The van der Waals surface area contributed by atoms with Gasteiger partial charge in [0.25, 0.3) is 11.8 Å². The van der Waals surface area contributed by atoms with Crippen molar-refractivity contribution in [2.45, 2.75) is 32.4 Å². The van der Waals surface area contributed by atoms with Gasteiger partial charge >= 0.3 is 5.69 Å². The molecule has 0 aliphatic heterocycles. The van der Waals surface area contributed by atoms with Crippen molar-refractivity contribution in [2.75, 3.05) is 0 Å². The number of benzene rings is 2. The van der Waals surface area contributed by atoms with E-state index in [9.17, 15) is 14.4 Å². The number of tetrazole rings is 1. The zero-order valence-corrected chi connectivity index (χ0v) is 21.2. The number of rotatable bonds is 6. The van der Waals surface area contributed by atoms with E-state index in [1.54, 1.807) is 6.07 Å². The van der Waals surface area contributed by atoms with E-state index in [-0.39, 0.29) is 29.7 Å². The fraction of sp³-hybridized carbons (Fsp3) is 0.222. The number of furan rings is 1. The first-order valence-corrected chi connectivity index (χ1v) is 12.4. The van der Waals surface area contributed by atoms with Gasteiger partial charge in [-0.25, -0.2) is 14.8 Å². The lowest BCUT2D eigenvalue weighted by Crippen LogP contribution is -2.29. The van der Waals surface area contributed by atoms with Crippen LogP contribution in [0, 0.1) is 6.92 Å². The quantitative estimate of drug-likeness (QED) is 0.343. The molecule has 1 aliphatic carbocycles. The first kappa shape index (κ1) is 24.2. The molecular weight excluding hydrogens is 500 g/mol. The van der Waals surface area contributed by atoms with Crippen molar-refractivity contribution >= 4 is 22.8 Å². The van der Waals surface area contributed by atoms with Gasteiger partial charge < -0.3 is 15.1 Å². The van der Waals surface area contributed by atoms with Gasteiger partial charge in [-0.2, -0.15) is 9.36 Å². The molecule has 5 aromatic rings. The Hall–Kier alpha value is -5.13. The van der Waals surface area contributed by atoms with E-state index in [1.807, 2.05) is 43.3 Å². The number of amides is 2. The highest BCUT2D eigenvalue weighted by atomic mass is 16.3. The minimum Gasteiger partial charge on any atom is -0.461 e. The fourth-order valence-electron chi connectivity index (χ4n) is 4.79. The van der Waals surface area contributed by atoms with E-state index in [4.69, 9.17) is 4.42 Å². The summed E-state index contributed by atoms with van der Waals surface area (Å²) < 4.78 is 8.04. The van der Waals surface area contributed by atoms with Gasteiger partial charge in [-0.1, -0.05) is 18.2 Å². The van der Waals surface area contributed by atoms with Crippen LogP contribution < -0.4 is 16.3 Å². The number of aromatic nitrogens is 6. The smallest absolute Gasteiger partial charge is 0.368 e. The second-order valence-electron chi connectivity index (χ2n) is 9.45. The van der Waals surface area contributed by atoms with Crippen molar-refractivity contribution in [3.63, 3.8) is 0 Å². The Kier molecular flexibility index (Phi) is 5.98. The van der Waals surface area contributed by atoms with Gasteiger partial charge in [-0.3, -0.25) is 9.59 Å². The predicted molar refractivity (Wildman–Crippen MR) is 139 cm³/mol. The van der Waals surface area contributed by atoms with Crippen LogP contribution in [-0.4, -0.2) is 41.6 Å². The van der Waals surface area contributed by atoms with Crippen LogP contribution in [0.2, 0.25) is 0 Å². The van der Waals surface area contributed by atoms with E-state index in [1.165, 1.54) is 24.1 Å². The molecule has 1 atom stereocenters. The molecule has 0 spiro atoms. The summed E-state index contributed by atoms with van der Waals surface area (Å²) in [5, 5.41) is 14.5. The Morgan fingerprint density at radius 1 is 1.03 bits per heavy atom. The molecule has 0 saturated carbocycles. The average Bonchev–Trinajstić information content (AvgIpc) is 3.62. The van der Waals surface area contributed by atoms with Crippen LogP contribution in [0.1, 0.15) is 55.9 Å². The zero-order chi connectivity index (χ0) is 27.1. The van der Waals surface area contributed by atoms with Crippen molar-refractivity contribution in [2.24, 2.45) is 7.05 Å². The van der Waals surface area contributed by atoms with E-state index in [0.717, 1.165) is 44.5 Å². The fourth-order valence-corrected chi connectivity index (χ4v) is 4.79. The Labute approximate surface area is 221 Å². The number of carbonyl (C=O) groups is 2. The molecule has 0 saturated heterocycles. The molecule has 1 aliphatic rings. The highest BCUT2D eigenvalue weighted by Gasteiger charge is 2.26. The lowest BCUT2D eigenvalue weighted by molar-refractivity contribution is 0.0931. The van der Waals surface area contributed by atoms with Gasteiger partial charge in [0.05, 0.1) is 11.7 Å². The lowest BCUT2D eigenvalue weighted by atomic mass is 10.1. The largest absolute Gasteiger partial charge is 0.461 e. The van der Waals surface area contributed by atoms with Gasteiger partial charge in [0, 0.05) is 25.0 Å². The SMILES string of the molecule is Cc1cc2ccc(CNC(=O)c3cc(C(=O)N[C@H]4CCc5cc(-n6nnn(C)c6=O)ccc54)ncn3)cc2o1. The van der Waals surface area contributed by atoms with Crippen LogP contribution in [0.4, 0.5) is 0 Å². The van der Waals surface area contributed by atoms with Crippen molar-refractivity contribution in [1.29, 1.82) is 0 Å². The second-order valence-corrected chi connectivity index (χ2v) is 9.45. The molecule has 0 radical (unpaired) electrons. The molecule has 2 aromatic carbocycles. The highest BCUT2D eigenvalue weighted by molar-refractivity contribution is 5.97. The molecule has 12 nitrogen and oxygen atoms in total. The number of nitrogens with zero attached hydrogens (tertiary/aromatic N) is 6. The monoisotopic (exact) mass is 524 g/mol. The zero-order valence-electron chi connectivity index (χ0n) is 21.2. The summed E-state index contributed by atoms with van der Waals surface area (Å²) in [4.78, 5) is 46.0. The second kappa shape index (κ2) is 9.63. The third kappa shape index (κ3) is 4.67. The summed E-state index contributed by atoms with van der Waals surface area (Å²) in [6.45, 7) is 2.16. The first-order chi connectivity index (χ1) is 18.9. The molecule has 2 N–H and O–H groups in total. The average molecular weight is 525 g/mol. The summed E-state index contributed by atoms with van der Waals surface area (Å²) in [5.41, 5.74) is 4.08. The summed E-state index contributed by atoms with van der Waals surface area (Å²) in [6.07, 6.45) is 2.62. The van der Waals surface area contributed by atoms with Gasteiger partial charge in [0.2, 0.25) is 0 Å². The molecular formula is C27H24N8O4. The maximum atomic E-state index is 13.0. The minimum absolute atomic E-state index is 0.0935. The number of hydrogen-bond donors (Lipinski definition) is 2. The molecule has 0 bridgehead atoms. The number of nitrogens with one attached hydrogen (secondary N) is 2. The van der Waals surface area contributed by atoms with Crippen molar-refractivity contribution in [1.82, 2.24) is 40.4 Å². The molecule has 3 heterocycles. The van der Waals surface area contributed by atoms with E-state index < -0.39 is 11.8 Å². The number of aryl methyl sites for hydroxylation is 3. The predicted octanol–water partition coefficient (Wildman–Crippen LogP) is 2.16. The van der Waals surface area contributed by atoms with Crippen LogP contribution in [0.3, 0.4) is 0 Å². The normalized spacial score (nSPS) is 14.4. The molecule has 196 valence electrons.